The van der Waals surface area contributed by atoms with Crippen LogP contribution >= 0.6 is 0 Å². The van der Waals surface area contributed by atoms with Crippen molar-refractivity contribution in [3.05, 3.63) is 76.1 Å². The molecule has 2 atom stereocenters. The summed E-state index contributed by atoms with van der Waals surface area (Å²) in [5.74, 6) is 0.0424. The van der Waals surface area contributed by atoms with Crippen molar-refractivity contribution in [2.24, 2.45) is 4.99 Å². The van der Waals surface area contributed by atoms with Crippen LogP contribution in [0.3, 0.4) is 0 Å². The Morgan fingerprint density at radius 2 is 2.05 bits per heavy atom. The van der Waals surface area contributed by atoms with Gasteiger partial charge in [-0.2, -0.15) is 0 Å². The molecule has 1 aliphatic heterocycles. The molecule has 0 saturated heterocycles. The lowest BCUT2D eigenvalue weighted by Crippen LogP contribution is -2.15. The summed E-state index contributed by atoms with van der Waals surface area (Å²) < 4.78 is 0. The van der Waals surface area contributed by atoms with Crippen LogP contribution in [-0.2, 0) is 0 Å². The van der Waals surface area contributed by atoms with E-state index in [1.807, 2.05) is 30.5 Å². The number of aliphatic imine (C=N–C) groups is 1. The molecular formula is C15H13N3O2. The highest BCUT2D eigenvalue weighted by Gasteiger charge is 2.24. The molecule has 0 fully saturated rings. The van der Waals surface area contributed by atoms with Crippen molar-refractivity contribution >= 4 is 11.9 Å². The summed E-state index contributed by atoms with van der Waals surface area (Å²) in [6.45, 7) is 0. The number of nitro groups is 1. The van der Waals surface area contributed by atoms with Crippen LogP contribution in [0.25, 0.3) is 0 Å². The van der Waals surface area contributed by atoms with Gasteiger partial charge in [-0.25, -0.2) is 0 Å². The number of aromatic nitrogens is 1. The van der Waals surface area contributed by atoms with E-state index in [0.29, 0.717) is 0 Å². The van der Waals surface area contributed by atoms with Crippen molar-refractivity contribution in [1.82, 2.24) is 4.98 Å². The molecule has 2 heterocycles. The van der Waals surface area contributed by atoms with E-state index in [1.54, 1.807) is 18.3 Å². The number of allylic oxidation sites excluding steroid dienone is 1. The van der Waals surface area contributed by atoms with Crippen LogP contribution in [-0.4, -0.2) is 22.2 Å². The van der Waals surface area contributed by atoms with Crippen molar-refractivity contribution < 1.29 is 4.92 Å². The number of rotatable bonds is 4. The molecule has 0 saturated carbocycles. The average Bonchev–Trinajstić information content (AvgIpc) is 3.13. The second kappa shape index (κ2) is 5.13. The van der Waals surface area contributed by atoms with E-state index in [1.165, 1.54) is 12.1 Å². The van der Waals surface area contributed by atoms with Gasteiger partial charge in [0.15, 0.2) is 0 Å². The maximum absolute atomic E-state index is 10.7. The SMILES string of the molecule is O=[N+]([O-])c1ccc(C(c2ccc[nH]2)C2C=CC=N2)cc1. The van der Waals surface area contributed by atoms with Crippen molar-refractivity contribution in [3.63, 3.8) is 0 Å². The van der Waals surface area contributed by atoms with E-state index < -0.39 is 0 Å². The van der Waals surface area contributed by atoms with Gasteiger partial charge in [0, 0.05) is 30.2 Å². The minimum Gasteiger partial charge on any atom is -0.364 e. The predicted octanol–water partition coefficient (Wildman–Crippen LogP) is 3.06. The van der Waals surface area contributed by atoms with Crippen molar-refractivity contribution in [2.45, 2.75) is 12.0 Å². The van der Waals surface area contributed by atoms with E-state index in [9.17, 15) is 10.1 Å². The normalized spacial score (nSPS) is 18.3. The van der Waals surface area contributed by atoms with Crippen LogP contribution in [0.15, 0.2) is 59.7 Å². The van der Waals surface area contributed by atoms with Gasteiger partial charge >= 0.3 is 0 Å². The lowest BCUT2D eigenvalue weighted by atomic mass is 9.89. The van der Waals surface area contributed by atoms with E-state index in [4.69, 9.17) is 0 Å². The number of hydrogen-bond donors (Lipinski definition) is 1. The zero-order chi connectivity index (χ0) is 13.9. The number of nitrogens with zero attached hydrogens (tertiary/aromatic N) is 2. The van der Waals surface area contributed by atoms with E-state index >= 15 is 0 Å². The largest absolute Gasteiger partial charge is 0.364 e. The summed E-state index contributed by atoms with van der Waals surface area (Å²) in [6, 6.07) is 10.6. The zero-order valence-corrected chi connectivity index (χ0v) is 10.6. The van der Waals surface area contributed by atoms with Crippen LogP contribution in [0.5, 0.6) is 0 Å². The number of H-pyrrole nitrogens is 1. The van der Waals surface area contributed by atoms with E-state index in [0.717, 1.165) is 11.3 Å². The molecule has 5 nitrogen and oxygen atoms in total. The van der Waals surface area contributed by atoms with Crippen molar-refractivity contribution in [2.75, 3.05) is 0 Å². The second-order valence-electron chi connectivity index (χ2n) is 4.63. The molecule has 0 radical (unpaired) electrons. The maximum Gasteiger partial charge on any atom is 0.269 e. The lowest BCUT2D eigenvalue weighted by Gasteiger charge is -2.19. The molecule has 1 N–H and O–H groups in total. The monoisotopic (exact) mass is 267 g/mol. The van der Waals surface area contributed by atoms with Gasteiger partial charge in [-0.05, 0) is 23.8 Å². The van der Waals surface area contributed by atoms with Crippen molar-refractivity contribution in [3.8, 4) is 0 Å². The Labute approximate surface area is 115 Å². The molecule has 0 spiro atoms. The molecule has 1 aromatic heterocycles. The zero-order valence-electron chi connectivity index (χ0n) is 10.6. The van der Waals surface area contributed by atoms with Crippen molar-refractivity contribution in [1.29, 1.82) is 0 Å². The highest BCUT2D eigenvalue weighted by molar-refractivity contribution is 5.74. The summed E-state index contributed by atoms with van der Waals surface area (Å²) in [5, 5.41) is 10.7. The number of benzene rings is 1. The maximum atomic E-state index is 10.7. The summed E-state index contributed by atoms with van der Waals surface area (Å²) >= 11 is 0. The van der Waals surface area contributed by atoms with E-state index in [-0.39, 0.29) is 22.6 Å². The minimum absolute atomic E-state index is 0.0232. The standard InChI is InChI=1S/C15H13N3O2/c19-18(20)12-7-5-11(6-8-12)15(13-3-1-9-16-13)14-4-2-10-17-14/h1-10,13,15,17H. The minimum atomic E-state index is -0.388. The topological polar surface area (TPSA) is 71.3 Å². The molecule has 0 bridgehead atoms. The number of hydrogen-bond acceptors (Lipinski definition) is 3. The Bertz CT molecular complexity index is 645. The average molecular weight is 267 g/mol. The highest BCUT2D eigenvalue weighted by atomic mass is 16.6. The van der Waals surface area contributed by atoms with Crippen LogP contribution < -0.4 is 0 Å². The van der Waals surface area contributed by atoms with Gasteiger partial charge in [-0.15, -0.1) is 0 Å². The van der Waals surface area contributed by atoms with Gasteiger partial charge in [0.1, 0.15) is 0 Å². The first-order valence-electron chi connectivity index (χ1n) is 6.33. The van der Waals surface area contributed by atoms with Gasteiger partial charge in [-0.1, -0.05) is 18.2 Å². The summed E-state index contributed by atoms with van der Waals surface area (Å²) in [7, 11) is 0. The van der Waals surface area contributed by atoms with Gasteiger partial charge in [0.05, 0.1) is 16.9 Å². The Kier molecular flexibility index (Phi) is 3.16. The third-order valence-electron chi connectivity index (χ3n) is 3.41. The Morgan fingerprint density at radius 1 is 1.25 bits per heavy atom. The molecule has 2 aromatic rings. The van der Waals surface area contributed by atoms with Crippen LogP contribution in [0, 0.1) is 10.1 Å². The molecule has 3 rings (SSSR count). The quantitative estimate of drug-likeness (QED) is 0.683. The fourth-order valence-electron chi connectivity index (χ4n) is 2.46. The highest BCUT2D eigenvalue weighted by Crippen LogP contribution is 2.31. The molecule has 1 aromatic carbocycles. The number of nitrogens with one attached hydrogen (secondary N) is 1. The molecule has 0 aliphatic carbocycles. The first-order chi connectivity index (χ1) is 9.75. The fraction of sp³-hybridized carbons (Fsp3) is 0.133. The number of nitro benzene ring substituents is 1. The van der Waals surface area contributed by atoms with Crippen LogP contribution in [0.2, 0.25) is 0 Å². The number of aromatic amines is 1. The summed E-state index contributed by atoms with van der Waals surface area (Å²) in [4.78, 5) is 18.0. The molecular weight excluding hydrogens is 254 g/mol. The molecule has 1 aliphatic rings. The third kappa shape index (κ3) is 2.25. The van der Waals surface area contributed by atoms with Gasteiger partial charge in [-0.3, -0.25) is 15.1 Å². The summed E-state index contributed by atoms with van der Waals surface area (Å²) in [6.07, 6.45) is 7.61. The van der Waals surface area contributed by atoms with Crippen LogP contribution in [0.4, 0.5) is 5.69 Å². The Morgan fingerprint density at radius 3 is 2.60 bits per heavy atom. The molecule has 0 amide bonds. The van der Waals surface area contributed by atoms with Gasteiger partial charge in [0.25, 0.3) is 5.69 Å². The number of non-ortho nitro benzene ring substituents is 1. The second-order valence-corrected chi connectivity index (χ2v) is 4.63. The lowest BCUT2D eigenvalue weighted by molar-refractivity contribution is -0.384. The first-order valence-corrected chi connectivity index (χ1v) is 6.33. The third-order valence-corrected chi connectivity index (χ3v) is 3.41. The first kappa shape index (κ1) is 12.3. The fourth-order valence-corrected chi connectivity index (χ4v) is 2.46. The van der Waals surface area contributed by atoms with Crippen LogP contribution in [0.1, 0.15) is 17.2 Å². The van der Waals surface area contributed by atoms with Gasteiger partial charge in [0.2, 0.25) is 0 Å². The Hall–Kier alpha value is -2.69. The predicted molar refractivity (Wildman–Crippen MR) is 77.2 cm³/mol. The molecule has 100 valence electrons. The summed E-state index contributed by atoms with van der Waals surface area (Å²) in [5.41, 5.74) is 2.16. The smallest absolute Gasteiger partial charge is 0.269 e. The van der Waals surface area contributed by atoms with Gasteiger partial charge < -0.3 is 4.98 Å². The molecule has 2 unspecified atom stereocenters. The van der Waals surface area contributed by atoms with E-state index in [2.05, 4.69) is 9.98 Å². The molecule has 20 heavy (non-hydrogen) atoms. The Balaban J connectivity index is 1.99. The molecule has 5 heteroatoms.